The van der Waals surface area contributed by atoms with Gasteiger partial charge in [0.15, 0.2) is 0 Å². The zero-order valence-corrected chi connectivity index (χ0v) is 11.5. The lowest BCUT2D eigenvalue weighted by molar-refractivity contribution is -0.119. The maximum atomic E-state index is 13.0. The van der Waals surface area contributed by atoms with Crippen molar-refractivity contribution >= 4 is 11.8 Å². The number of nitrogens with one attached hydrogen (secondary N) is 1. The summed E-state index contributed by atoms with van der Waals surface area (Å²) in [5.74, 6) is -2.24. The highest BCUT2D eigenvalue weighted by Gasteiger charge is 2.28. The van der Waals surface area contributed by atoms with Crippen molar-refractivity contribution in [1.29, 1.82) is 0 Å². The number of nitrogens with zero attached hydrogens (tertiary/aromatic N) is 1. The van der Waals surface area contributed by atoms with Crippen molar-refractivity contribution < 1.29 is 19.1 Å². The number of primary amides is 1. The summed E-state index contributed by atoms with van der Waals surface area (Å²) in [4.78, 5) is 25.1. The number of carbonyl (C=O) groups is 2. The lowest BCUT2D eigenvalue weighted by Gasteiger charge is -2.34. The van der Waals surface area contributed by atoms with E-state index < -0.39 is 23.4 Å². The number of carbonyl (C=O) groups excluding carboxylic acids is 2. The molecule has 0 radical (unpaired) electrons. The summed E-state index contributed by atoms with van der Waals surface area (Å²) in [6.07, 6.45) is 1.62. The number of hydrogen-bond donors (Lipinski definition) is 3. The molecule has 1 aromatic rings. The fourth-order valence-electron chi connectivity index (χ4n) is 2.47. The highest BCUT2D eigenvalue weighted by molar-refractivity contribution is 5.98. The lowest BCUT2D eigenvalue weighted by atomic mass is 10.0. The van der Waals surface area contributed by atoms with Crippen LogP contribution in [0.4, 0.5) is 4.39 Å². The van der Waals surface area contributed by atoms with Crippen molar-refractivity contribution in [2.45, 2.75) is 18.9 Å². The second kappa shape index (κ2) is 6.53. The first-order chi connectivity index (χ1) is 9.99. The Morgan fingerprint density at radius 3 is 2.81 bits per heavy atom. The van der Waals surface area contributed by atoms with Crippen molar-refractivity contribution in [3.8, 4) is 5.75 Å². The molecule has 0 spiro atoms. The van der Waals surface area contributed by atoms with E-state index in [2.05, 4.69) is 5.32 Å². The van der Waals surface area contributed by atoms with E-state index in [4.69, 9.17) is 5.73 Å². The largest absolute Gasteiger partial charge is 0.507 e. The number of amides is 2. The first kappa shape index (κ1) is 15.2. The molecule has 0 bridgehead atoms. The topological polar surface area (TPSA) is 95.7 Å². The van der Waals surface area contributed by atoms with Crippen molar-refractivity contribution in [2.24, 2.45) is 5.73 Å². The van der Waals surface area contributed by atoms with Gasteiger partial charge in [0.25, 0.3) is 5.91 Å². The minimum Gasteiger partial charge on any atom is -0.507 e. The number of phenols is 1. The SMILES string of the molecule is NC(=O)CN(C(=O)c1ccc(F)cc1O)C1CCCNC1. The Hall–Kier alpha value is -2.15. The normalized spacial score (nSPS) is 18.2. The molecule has 1 aliphatic rings. The summed E-state index contributed by atoms with van der Waals surface area (Å²) in [6.45, 7) is 1.18. The van der Waals surface area contributed by atoms with Crippen molar-refractivity contribution in [2.75, 3.05) is 19.6 Å². The predicted molar refractivity (Wildman–Crippen MR) is 74.2 cm³/mol. The van der Waals surface area contributed by atoms with E-state index in [0.29, 0.717) is 6.54 Å². The van der Waals surface area contributed by atoms with Crippen LogP contribution in [-0.2, 0) is 4.79 Å². The van der Waals surface area contributed by atoms with Crippen LogP contribution in [0.15, 0.2) is 18.2 Å². The highest BCUT2D eigenvalue weighted by Crippen LogP contribution is 2.22. The summed E-state index contributed by atoms with van der Waals surface area (Å²) in [5.41, 5.74) is 5.16. The maximum absolute atomic E-state index is 13.0. The fourth-order valence-corrected chi connectivity index (χ4v) is 2.47. The van der Waals surface area contributed by atoms with E-state index in [0.717, 1.165) is 31.5 Å². The van der Waals surface area contributed by atoms with Crippen molar-refractivity contribution in [3.63, 3.8) is 0 Å². The Kier molecular flexibility index (Phi) is 4.74. The van der Waals surface area contributed by atoms with Gasteiger partial charge in [0, 0.05) is 18.7 Å². The van der Waals surface area contributed by atoms with Gasteiger partial charge in [0.2, 0.25) is 5.91 Å². The number of hydrogen-bond acceptors (Lipinski definition) is 4. The number of benzene rings is 1. The van der Waals surface area contributed by atoms with Crippen LogP contribution in [0.25, 0.3) is 0 Å². The third-order valence-corrected chi connectivity index (χ3v) is 3.49. The molecule has 1 fully saturated rings. The third-order valence-electron chi connectivity index (χ3n) is 3.49. The third kappa shape index (κ3) is 3.69. The molecule has 0 saturated carbocycles. The van der Waals surface area contributed by atoms with Gasteiger partial charge in [-0.05, 0) is 31.5 Å². The van der Waals surface area contributed by atoms with Crippen LogP contribution in [0.5, 0.6) is 5.75 Å². The van der Waals surface area contributed by atoms with Gasteiger partial charge in [-0.1, -0.05) is 0 Å². The van der Waals surface area contributed by atoms with E-state index in [1.165, 1.54) is 11.0 Å². The first-order valence-electron chi connectivity index (χ1n) is 6.77. The summed E-state index contributed by atoms with van der Waals surface area (Å²) in [7, 11) is 0. The first-order valence-corrected chi connectivity index (χ1v) is 6.77. The smallest absolute Gasteiger partial charge is 0.258 e. The zero-order chi connectivity index (χ0) is 15.4. The van der Waals surface area contributed by atoms with Crippen LogP contribution in [0.3, 0.4) is 0 Å². The van der Waals surface area contributed by atoms with Crippen LogP contribution >= 0.6 is 0 Å². The van der Waals surface area contributed by atoms with Gasteiger partial charge >= 0.3 is 0 Å². The standard InChI is InChI=1S/C14H18FN3O3/c15-9-3-4-11(12(19)6-9)14(21)18(8-13(16)20)10-2-1-5-17-7-10/h3-4,6,10,17,19H,1-2,5,7-8H2,(H2,16,20). The van der Waals surface area contributed by atoms with Gasteiger partial charge in [-0.15, -0.1) is 0 Å². The van der Waals surface area contributed by atoms with Crippen LogP contribution in [-0.4, -0.2) is 47.5 Å². The van der Waals surface area contributed by atoms with Crippen molar-refractivity contribution in [3.05, 3.63) is 29.6 Å². The number of piperidine rings is 1. The Labute approximate surface area is 121 Å². The van der Waals surface area contributed by atoms with Crippen LogP contribution in [0.1, 0.15) is 23.2 Å². The second-order valence-electron chi connectivity index (χ2n) is 5.06. The molecule has 1 saturated heterocycles. The molecule has 1 unspecified atom stereocenters. The van der Waals surface area contributed by atoms with Gasteiger partial charge in [-0.2, -0.15) is 0 Å². The molecule has 1 aliphatic heterocycles. The molecule has 1 heterocycles. The molecule has 0 aromatic heterocycles. The zero-order valence-electron chi connectivity index (χ0n) is 11.5. The van der Waals surface area contributed by atoms with Crippen LogP contribution < -0.4 is 11.1 Å². The van der Waals surface area contributed by atoms with E-state index >= 15 is 0 Å². The minimum absolute atomic E-state index is 0.0387. The predicted octanol–water partition coefficient (Wildman–Crippen LogP) is 0.211. The van der Waals surface area contributed by atoms with Gasteiger partial charge in [0.05, 0.1) is 12.1 Å². The monoisotopic (exact) mass is 295 g/mol. The van der Waals surface area contributed by atoms with E-state index in [1.54, 1.807) is 0 Å². The van der Waals surface area contributed by atoms with Gasteiger partial charge in [0.1, 0.15) is 11.6 Å². The minimum atomic E-state index is -0.634. The van der Waals surface area contributed by atoms with E-state index in [9.17, 15) is 19.1 Å². The molecule has 2 rings (SSSR count). The van der Waals surface area contributed by atoms with Gasteiger partial charge < -0.3 is 21.1 Å². The Morgan fingerprint density at radius 1 is 1.48 bits per heavy atom. The Bertz CT molecular complexity index is 544. The Morgan fingerprint density at radius 2 is 2.24 bits per heavy atom. The Balaban J connectivity index is 2.26. The molecule has 2 amide bonds. The number of nitrogens with two attached hydrogens (primary N) is 1. The molecular formula is C14H18FN3O3. The quantitative estimate of drug-likeness (QED) is 0.740. The van der Waals surface area contributed by atoms with E-state index in [-0.39, 0.29) is 18.2 Å². The summed E-state index contributed by atoms with van der Waals surface area (Å²) in [5, 5.41) is 12.9. The molecular weight excluding hydrogens is 277 g/mol. The maximum Gasteiger partial charge on any atom is 0.258 e. The summed E-state index contributed by atoms with van der Waals surface area (Å²) >= 11 is 0. The average Bonchev–Trinajstić information content (AvgIpc) is 2.45. The number of halogens is 1. The average molecular weight is 295 g/mol. The lowest BCUT2D eigenvalue weighted by Crippen LogP contribution is -2.51. The molecule has 4 N–H and O–H groups in total. The fraction of sp³-hybridized carbons (Fsp3) is 0.429. The van der Waals surface area contributed by atoms with Crippen LogP contribution in [0.2, 0.25) is 0 Å². The van der Waals surface area contributed by atoms with Gasteiger partial charge in [-0.25, -0.2) is 4.39 Å². The second-order valence-corrected chi connectivity index (χ2v) is 5.06. The molecule has 6 nitrogen and oxygen atoms in total. The number of aromatic hydroxyl groups is 1. The molecule has 1 atom stereocenters. The van der Waals surface area contributed by atoms with Crippen molar-refractivity contribution in [1.82, 2.24) is 10.2 Å². The summed E-state index contributed by atoms with van der Waals surface area (Å²) in [6, 6.07) is 2.99. The molecule has 7 heteroatoms. The highest BCUT2D eigenvalue weighted by atomic mass is 19.1. The molecule has 0 aliphatic carbocycles. The molecule has 21 heavy (non-hydrogen) atoms. The van der Waals surface area contributed by atoms with Crippen LogP contribution in [0, 0.1) is 5.82 Å². The van der Waals surface area contributed by atoms with E-state index in [1.807, 2.05) is 0 Å². The summed E-state index contributed by atoms with van der Waals surface area (Å²) < 4.78 is 13.0. The number of rotatable bonds is 4. The molecule has 114 valence electrons. The molecule has 1 aromatic carbocycles. The number of phenolic OH excluding ortho intramolecular Hbond substituents is 1. The van der Waals surface area contributed by atoms with Gasteiger partial charge in [-0.3, -0.25) is 9.59 Å².